The highest BCUT2D eigenvalue weighted by Crippen LogP contribution is 2.06. The Morgan fingerprint density at radius 2 is 2.50 bits per heavy atom. The molecule has 0 amide bonds. The molecule has 0 aromatic rings. The highest BCUT2D eigenvalue weighted by atomic mass is 14.9. The van der Waals surface area contributed by atoms with Crippen molar-refractivity contribution in [3.05, 3.63) is 11.8 Å². The van der Waals surface area contributed by atoms with Crippen LogP contribution in [0.5, 0.6) is 0 Å². The monoisotopic (exact) mass is 110 g/mol. The van der Waals surface area contributed by atoms with Crippen molar-refractivity contribution >= 4 is 6.21 Å². The van der Waals surface area contributed by atoms with E-state index < -0.39 is 0 Å². The average molecular weight is 110 g/mol. The molecule has 1 saturated heterocycles. The summed E-state index contributed by atoms with van der Waals surface area (Å²) in [4.78, 5) is 0. The highest BCUT2D eigenvalue weighted by Gasteiger charge is 2.01. The van der Waals surface area contributed by atoms with Gasteiger partial charge < -0.3 is 10.7 Å². The summed E-state index contributed by atoms with van der Waals surface area (Å²) in [6.07, 6.45) is 5.48. The lowest BCUT2D eigenvalue weighted by atomic mass is 10.3. The van der Waals surface area contributed by atoms with Gasteiger partial charge in [0.2, 0.25) is 0 Å². The number of rotatable bonds is 1. The largest absolute Gasteiger partial charge is 0.388 e. The third-order valence-electron chi connectivity index (χ3n) is 1.26. The molecule has 2 nitrogen and oxygen atoms in total. The molecule has 0 saturated carbocycles. The van der Waals surface area contributed by atoms with Crippen LogP contribution < -0.4 is 5.32 Å². The topological polar surface area (TPSA) is 35.9 Å². The second kappa shape index (κ2) is 2.50. The molecule has 0 atom stereocenters. The molecule has 0 radical (unpaired) electrons. The third kappa shape index (κ3) is 1.09. The molecule has 1 heterocycles. The molecule has 1 rings (SSSR count). The maximum atomic E-state index is 6.73. The molecule has 0 aromatic carbocycles. The molecule has 0 bridgehead atoms. The summed E-state index contributed by atoms with van der Waals surface area (Å²) in [5, 5.41) is 9.89. The Hall–Kier alpha value is -0.790. The Morgan fingerprint density at radius 3 is 3.00 bits per heavy atom. The van der Waals surface area contributed by atoms with Gasteiger partial charge in [0, 0.05) is 18.5 Å². The van der Waals surface area contributed by atoms with Crippen LogP contribution in [-0.2, 0) is 0 Å². The van der Waals surface area contributed by atoms with Gasteiger partial charge in [-0.25, -0.2) is 0 Å². The SMILES string of the molecule is N=C/C=C1/CCCN1. The summed E-state index contributed by atoms with van der Waals surface area (Å²) in [5.41, 5.74) is 1.21. The zero-order valence-electron chi connectivity index (χ0n) is 4.78. The van der Waals surface area contributed by atoms with Gasteiger partial charge in [-0.15, -0.1) is 0 Å². The van der Waals surface area contributed by atoms with Crippen molar-refractivity contribution in [2.75, 3.05) is 6.54 Å². The van der Waals surface area contributed by atoms with Crippen molar-refractivity contribution in [1.29, 1.82) is 5.41 Å². The van der Waals surface area contributed by atoms with E-state index in [9.17, 15) is 0 Å². The fourth-order valence-corrected chi connectivity index (χ4v) is 0.859. The van der Waals surface area contributed by atoms with E-state index in [0.717, 1.165) is 13.0 Å². The van der Waals surface area contributed by atoms with E-state index in [-0.39, 0.29) is 0 Å². The lowest BCUT2D eigenvalue weighted by Crippen LogP contribution is -2.02. The Kier molecular flexibility index (Phi) is 1.67. The van der Waals surface area contributed by atoms with Gasteiger partial charge in [0.15, 0.2) is 0 Å². The van der Waals surface area contributed by atoms with Gasteiger partial charge in [-0.2, -0.15) is 0 Å². The Balaban J connectivity index is 2.44. The summed E-state index contributed by atoms with van der Waals surface area (Å²) in [6.45, 7) is 1.08. The van der Waals surface area contributed by atoms with Gasteiger partial charge >= 0.3 is 0 Å². The number of nitrogens with one attached hydrogen (secondary N) is 2. The van der Waals surface area contributed by atoms with Crippen LogP contribution in [0.15, 0.2) is 11.8 Å². The second-order valence-corrected chi connectivity index (χ2v) is 1.89. The average Bonchev–Trinajstić information content (AvgIpc) is 2.19. The van der Waals surface area contributed by atoms with E-state index in [1.54, 1.807) is 0 Å². The van der Waals surface area contributed by atoms with Crippen molar-refractivity contribution in [3.63, 3.8) is 0 Å². The van der Waals surface area contributed by atoms with Gasteiger partial charge in [0.05, 0.1) is 0 Å². The first-order chi connectivity index (χ1) is 3.93. The van der Waals surface area contributed by atoms with Crippen LogP contribution in [0.3, 0.4) is 0 Å². The van der Waals surface area contributed by atoms with Crippen LogP contribution in [0.4, 0.5) is 0 Å². The molecule has 0 spiro atoms. The maximum absolute atomic E-state index is 6.73. The summed E-state index contributed by atoms with van der Waals surface area (Å²) >= 11 is 0. The molecule has 2 heteroatoms. The second-order valence-electron chi connectivity index (χ2n) is 1.89. The molecule has 2 N–H and O–H groups in total. The molecular weight excluding hydrogens is 100 g/mol. The number of hydrogen-bond donors (Lipinski definition) is 2. The van der Waals surface area contributed by atoms with Gasteiger partial charge in [-0.3, -0.25) is 0 Å². The summed E-state index contributed by atoms with van der Waals surface area (Å²) in [5.74, 6) is 0. The van der Waals surface area contributed by atoms with E-state index in [1.165, 1.54) is 18.3 Å². The van der Waals surface area contributed by atoms with Crippen molar-refractivity contribution in [1.82, 2.24) is 5.32 Å². The van der Waals surface area contributed by atoms with Gasteiger partial charge in [0.25, 0.3) is 0 Å². The minimum absolute atomic E-state index is 1.08. The van der Waals surface area contributed by atoms with Gasteiger partial charge in [-0.05, 0) is 18.9 Å². The van der Waals surface area contributed by atoms with Crippen LogP contribution in [0.1, 0.15) is 12.8 Å². The molecule has 1 aliphatic rings. The minimum Gasteiger partial charge on any atom is -0.388 e. The van der Waals surface area contributed by atoms with Crippen LogP contribution in [0, 0.1) is 5.41 Å². The summed E-state index contributed by atoms with van der Waals surface area (Å²) < 4.78 is 0. The standard InChI is InChI=1S/C6H10N2/c7-4-3-6-2-1-5-8-6/h3-4,7-8H,1-2,5H2/b6-3-,7-4?. The third-order valence-corrected chi connectivity index (χ3v) is 1.26. The fourth-order valence-electron chi connectivity index (χ4n) is 0.859. The normalized spacial score (nSPS) is 23.2. The Bertz CT molecular complexity index is 108. The Labute approximate surface area is 49.1 Å². The van der Waals surface area contributed by atoms with Crippen molar-refractivity contribution in [2.45, 2.75) is 12.8 Å². The van der Waals surface area contributed by atoms with E-state index in [2.05, 4.69) is 5.32 Å². The zero-order valence-corrected chi connectivity index (χ0v) is 4.78. The fraction of sp³-hybridized carbons (Fsp3) is 0.500. The molecule has 0 aromatic heterocycles. The first-order valence-corrected chi connectivity index (χ1v) is 2.87. The summed E-state index contributed by atoms with van der Waals surface area (Å²) in [6, 6.07) is 0. The molecule has 1 aliphatic heterocycles. The van der Waals surface area contributed by atoms with Gasteiger partial charge in [-0.1, -0.05) is 0 Å². The van der Waals surface area contributed by atoms with E-state index in [1.807, 2.05) is 6.08 Å². The number of allylic oxidation sites excluding steroid dienone is 2. The zero-order chi connectivity index (χ0) is 5.82. The van der Waals surface area contributed by atoms with Gasteiger partial charge in [0.1, 0.15) is 0 Å². The lowest BCUT2D eigenvalue weighted by molar-refractivity contribution is 0.904. The van der Waals surface area contributed by atoms with Crippen molar-refractivity contribution in [3.8, 4) is 0 Å². The molecule has 0 unspecified atom stereocenters. The van der Waals surface area contributed by atoms with Crippen LogP contribution >= 0.6 is 0 Å². The Morgan fingerprint density at radius 1 is 1.62 bits per heavy atom. The predicted octanol–water partition coefficient (Wildman–Crippen LogP) is 0.903. The maximum Gasteiger partial charge on any atom is 0.0194 e. The van der Waals surface area contributed by atoms with Crippen LogP contribution in [-0.4, -0.2) is 12.8 Å². The first-order valence-electron chi connectivity index (χ1n) is 2.87. The highest BCUT2D eigenvalue weighted by molar-refractivity contribution is 5.68. The molecular formula is C6H10N2. The van der Waals surface area contributed by atoms with Crippen LogP contribution in [0.2, 0.25) is 0 Å². The number of hydrogen-bond acceptors (Lipinski definition) is 2. The predicted molar refractivity (Wildman–Crippen MR) is 34.1 cm³/mol. The molecule has 0 aliphatic carbocycles. The van der Waals surface area contributed by atoms with Crippen molar-refractivity contribution < 1.29 is 0 Å². The van der Waals surface area contributed by atoms with E-state index >= 15 is 0 Å². The lowest BCUT2D eigenvalue weighted by Gasteiger charge is -1.91. The van der Waals surface area contributed by atoms with E-state index in [0.29, 0.717) is 0 Å². The quantitative estimate of drug-likeness (QED) is 0.483. The van der Waals surface area contributed by atoms with E-state index in [4.69, 9.17) is 5.41 Å². The first kappa shape index (κ1) is 5.35. The molecule has 1 fully saturated rings. The smallest absolute Gasteiger partial charge is 0.0194 e. The van der Waals surface area contributed by atoms with Crippen molar-refractivity contribution in [2.24, 2.45) is 0 Å². The minimum atomic E-state index is 1.08. The summed E-state index contributed by atoms with van der Waals surface area (Å²) in [7, 11) is 0. The molecule has 44 valence electrons. The molecule has 8 heavy (non-hydrogen) atoms. The van der Waals surface area contributed by atoms with Crippen LogP contribution in [0.25, 0.3) is 0 Å².